The van der Waals surface area contributed by atoms with Crippen LogP contribution in [0.2, 0.25) is 0 Å². The van der Waals surface area contributed by atoms with Crippen LogP contribution in [-0.2, 0) is 6.54 Å². The zero-order valence-corrected chi connectivity index (χ0v) is 12.9. The van der Waals surface area contributed by atoms with Crippen molar-refractivity contribution < 1.29 is 4.39 Å². The van der Waals surface area contributed by atoms with E-state index < -0.39 is 0 Å². The van der Waals surface area contributed by atoms with Gasteiger partial charge < -0.3 is 5.32 Å². The minimum absolute atomic E-state index is 0.167. The molecule has 4 nitrogen and oxygen atoms in total. The number of hydrogen-bond acceptors (Lipinski definition) is 3. The van der Waals surface area contributed by atoms with Crippen LogP contribution in [0.1, 0.15) is 24.8 Å². The third-order valence-corrected chi connectivity index (χ3v) is 4.27. The molecular weight excluding hydrogens is 337 g/mol. The third-order valence-electron chi connectivity index (χ3n) is 3.66. The molecule has 1 aliphatic rings. The molecule has 2 aromatic rings. The number of halogens is 2. The predicted octanol–water partition coefficient (Wildman–Crippen LogP) is 3.16. The molecule has 0 radical (unpaired) electrons. The van der Waals surface area contributed by atoms with E-state index in [0.717, 1.165) is 24.1 Å². The third kappa shape index (κ3) is 3.32. The van der Waals surface area contributed by atoms with E-state index >= 15 is 0 Å². The van der Waals surface area contributed by atoms with Crippen molar-refractivity contribution in [3.05, 3.63) is 56.7 Å². The maximum absolute atomic E-state index is 13.2. The van der Waals surface area contributed by atoms with E-state index in [1.807, 2.05) is 0 Å². The highest BCUT2D eigenvalue weighted by Crippen LogP contribution is 2.22. The summed E-state index contributed by atoms with van der Waals surface area (Å²) < 4.78 is 14.9. The monoisotopic (exact) mass is 351 g/mol. The van der Waals surface area contributed by atoms with Gasteiger partial charge in [-0.05, 0) is 52.9 Å². The average molecular weight is 352 g/mol. The molecule has 1 fully saturated rings. The largest absolute Gasteiger partial charge is 0.381 e. The predicted molar refractivity (Wildman–Crippen MR) is 83.0 cm³/mol. The van der Waals surface area contributed by atoms with Crippen LogP contribution in [0.5, 0.6) is 0 Å². The number of aromatic nitrogens is 2. The number of hydrogen-bond donors (Lipinski definition) is 1. The minimum atomic E-state index is -0.320. The topological polar surface area (TPSA) is 46.9 Å². The summed E-state index contributed by atoms with van der Waals surface area (Å²) >= 11 is 3.14. The van der Waals surface area contributed by atoms with Crippen molar-refractivity contribution in [2.24, 2.45) is 0 Å². The lowest BCUT2D eigenvalue weighted by Crippen LogP contribution is -2.29. The van der Waals surface area contributed by atoms with Gasteiger partial charge in [-0.3, -0.25) is 4.79 Å². The number of nitrogens with zero attached hydrogens (tertiary/aromatic N) is 2. The molecule has 1 heterocycles. The summed E-state index contributed by atoms with van der Waals surface area (Å²) in [4.78, 5) is 12.1. The fraction of sp³-hybridized carbons (Fsp3) is 0.333. The van der Waals surface area contributed by atoms with Crippen molar-refractivity contribution in [2.45, 2.75) is 31.8 Å². The molecular formula is C15H15BrFN3O. The Hall–Kier alpha value is -1.69. The summed E-state index contributed by atoms with van der Waals surface area (Å²) in [6, 6.07) is 6.70. The van der Waals surface area contributed by atoms with Crippen molar-refractivity contribution in [2.75, 3.05) is 5.32 Å². The summed E-state index contributed by atoms with van der Waals surface area (Å²) in [6.07, 6.45) is 5.19. The van der Waals surface area contributed by atoms with Gasteiger partial charge in [0.2, 0.25) is 0 Å². The fourth-order valence-electron chi connectivity index (χ4n) is 2.23. The highest BCUT2D eigenvalue weighted by molar-refractivity contribution is 9.10. The summed E-state index contributed by atoms with van der Waals surface area (Å²) in [7, 11) is 0. The Morgan fingerprint density at radius 3 is 2.81 bits per heavy atom. The lowest BCUT2D eigenvalue weighted by molar-refractivity contribution is 0.445. The molecule has 3 rings (SSSR count). The molecule has 0 spiro atoms. The molecule has 1 aromatic carbocycles. The molecule has 0 saturated heterocycles. The Morgan fingerprint density at radius 1 is 1.38 bits per heavy atom. The van der Waals surface area contributed by atoms with E-state index in [2.05, 4.69) is 26.3 Å². The van der Waals surface area contributed by atoms with Crippen LogP contribution in [-0.4, -0.2) is 15.8 Å². The molecule has 0 amide bonds. The zero-order chi connectivity index (χ0) is 14.8. The second-order valence-corrected chi connectivity index (χ2v) is 6.12. The van der Waals surface area contributed by atoms with Crippen LogP contribution in [0.3, 0.4) is 0 Å². The molecule has 1 aliphatic carbocycles. The van der Waals surface area contributed by atoms with E-state index in [9.17, 15) is 9.18 Å². The molecule has 0 bridgehead atoms. The summed E-state index contributed by atoms with van der Waals surface area (Å²) in [6.45, 7) is 0.321. The molecule has 1 aromatic heterocycles. The Kier molecular flexibility index (Phi) is 4.05. The highest BCUT2D eigenvalue weighted by atomic mass is 79.9. The number of anilines is 1. The Labute approximate surface area is 130 Å². The first-order valence-electron chi connectivity index (χ1n) is 6.89. The zero-order valence-electron chi connectivity index (χ0n) is 11.4. The SMILES string of the molecule is O=c1cc(NC2CCC2)cnn1Cc1ccc(F)c(Br)c1. The minimum Gasteiger partial charge on any atom is -0.381 e. The van der Waals surface area contributed by atoms with Gasteiger partial charge in [-0.1, -0.05) is 6.07 Å². The molecule has 21 heavy (non-hydrogen) atoms. The van der Waals surface area contributed by atoms with Gasteiger partial charge in [0.25, 0.3) is 5.56 Å². The maximum atomic E-state index is 13.2. The van der Waals surface area contributed by atoms with E-state index in [-0.39, 0.29) is 11.4 Å². The summed E-state index contributed by atoms with van der Waals surface area (Å²) in [5, 5.41) is 7.46. The smallest absolute Gasteiger partial charge is 0.269 e. The summed E-state index contributed by atoms with van der Waals surface area (Å²) in [5.74, 6) is -0.320. The van der Waals surface area contributed by atoms with Crippen molar-refractivity contribution in [1.29, 1.82) is 0 Å². The van der Waals surface area contributed by atoms with Crippen molar-refractivity contribution in [3.63, 3.8) is 0 Å². The maximum Gasteiger partial charge on any atom is 0.269 e. The van der Waals surface area contributed by atoms with Gasteiger partial charge in [0.05, 0.1) is 22.9 Å². The van der Waals surface area contributed by atoms with Crippen LogP contribution in [0.15, 0.2) is 39.7 Å². The quantitative estimate of drug-likeness (QED) is 0.920. The van der Waals surface area contributed by atoms with E-state index in [1.54, 1.807) is 24.4 Å². The Bertz CT molecular complexity index is 712. The molecule has 6 heteroatoms. The van der Waals surface area contributed by atoms with Gasteiger partial charge >= 0.3 is 0 Å². The molecule has 1 saturated carbocycles. The fourth-order valence-corrected chi connectivity index (χ4v) is 2.66. The van der Waals surface area contributed by atoms with Crippen LogP contribution >= 0.6 is 15.9 Å². The van der Waals surface area contributed by atoms with E-state index in [0.29, 0.717) is 17.1 Å². The number of benzene rings is 1. The first-order valence-corrected chi connectivity index (χ1v) is 7.69. The van der Waals surface area contributed by atoms with Crippen LogP contribution in [0, 0.1) is 5.82 Å². The molecule has 0 aliphatic heterocycles. The first kappa shape index (κ1) is 14.3. The second kappa shape index (κ2) is 5.97. The van der Waals surface area contributed by atoms with Crippen molar-refractivity contribution in [3.8, 4) is 0 Å². The Balaban J connectivity index is 1.75. The van der Waals surface area contributed by atoms with Gasteiger partial charge in [-0.25, -0.2) is 9.07 Å². The van der Waals surface area contributed by atoms with Crippen LogP contribution < -0.4 is 10.9 Å². The lowest BCUT2D eigenvalue weighted by Gasteiger charge is -2.27. The molecule has 0 atom stereocenters. The van der Waals surface area contributed by atoms with Gasteiger partial charge in [0, 0.05) is 12.1 Å². The second-order valence-electron chi connectivity index (χ2n) is 5.26. The van der Waals surface area contributed by atoms with Gasteiger partial charge in [0.1, 0.15) is 5.82 Å². The highest BCUT2D eigenvalue weighted by Gasteiger charge is 2.17. The Morgan fingerprint density at radius 2 is 2.19 bits per heavy atom. The van der Waals surface area contributed by atoms with Crippen LogP contribution in [0.4, 0.5) is 10.1 Å². The molecule has 1 N–H and O–H groups in total. The normalized spacial score (nSPS) is 14.8. The van der Waals surface area contributed by atoms with E-state index in [1.165, 1.54) is 17.2 Å². The van der Waals surface area contributed by atoms with Crippen molar-refractivity contribution in [1.82, 2.24) is 9.78 Å². The van der Waals surface area contributed by atoms with E-state index in [4.69, 9.17) is 0 Å². The summed E-state index contributed by atoms with van der Waals surface area (Å²) in [5.41, 5.74) is 1.42. The number of nitrogens with one attached hydrogen (secondary N) is 1. The first-order chi connectivity index (χ1) is 10.1. The number of rotatable bonds is 4. The molecule has 0 unspecified atom stereocenters. The average Bonchev–Trinajstić information content (AvgIpc) is 2.41. The van der Waals surface area contributed by atoms with Gasteiger partial charge in [-0.2, -0.15) is 5.10 Å². The van der Waals surface area contributed by atoms with Gasteiger partial charge in [0.15, 0.2) is 0 Å². The van der Waals surface area contributed by atoms with Crippen LogP contribution in [0.25, 0.3) is 0 Å². The van der Waals surface area contributed by atoms with Gasteiger partial charge in [-0.15, -0.1) is 0 Å². The molecule has 110 valence electrons. The standard InChI is InChI=1S/C15H15BrFN3O/c16-13-6-10(4-5-14(13)17)9-20-15(21)7-12(8-18-20)19-11-2-1-3-11/h4-8,11,19H,1-3,9H2. The van der Waals surface area contributed by atoms with Crippen molar-refractivity contribution >= 4 is 21.6 Å². The lowest BCUT2D eigenvalue weighted by atomic mass is 9.93.